The molecule has 0 aliphatic carbocycles. The molecule has 3 rings (SSSR count). The molecule has 0 aliphatic heterocycles. The third kappa shape index (κ3) is 4.04. The largest absolute Gasteiger partial charge is 0.506 e. The number of aromatic hydroxyl groups is 1. The minimum atomic E-state index is -3.24. The van der Waals surface area contributed by atoms with Crippen LogP contribution in [0.15, 0.2) is 54.6 Å². The summed E-state index contributed by atoms with van der Waals surface area (Å²) in [7, 11) is -3.24. The molecule has 27 heavy (non-hydrogen) atoms. The fourth-order valence-corrected chi connectivity index (χ4v) is 2.75. The van der Waals surface area contributed by atoms with Gasteiger partial charge in [0.15, 0.2) is 21.5 Å². The van der Waals surface area contributed by atoms with E-state index in [1.807, 2.05) is 0 Å². The topological polar surface area (TPSA) is 135 Å². The quantitative estimate of drug-likeness (QED) is 0.576. The smallest absolute Gasteiger partial charge is 0.168 e. The molecule has 0 amide bonds. The van der Waals surface area contributed by atoms with Crippen LogP contribution in [0.1, 0.15) is 5.69 Å². The lowest BCUT2D eigenvalue weighted by atomic mass is 10.1. The Morgan fingerprint density at radius 1 is 1.33 bits per heavy atom. The van der Waals surface area contributed by atoms with Crippen LogP contribution in [-0.2, 0) is 9.84 Å². The Hall–Kier alpha value is -3.46. The monoisotopic (exact) mass is 383 g/mol. The zero-order chi connectivity index (χ0) is 19.6. The summed E-state index contributed by atoms with van der Waals surface area (Å²) in [6.45, 7) is 3.72. The average molecular weight is 383 g/mol. The van der Waals surface area contributed by atoms with Crippen molar-refractivity contribution in [2.24, 2.45) is 0 Å². The summed E-state index contributed by atoms with van der Waals surface area (Å²) in [4.78, 5) is 16.0. The number of phenols is 1. The number of imidazole rings is 1. The molecule has 0 bridgehead atoms. The summed E-state index contributed by atoms with van der Waals surface area (Å²) in [6, 6.07) is 4.99. The number of para-hydroxylation sites is 1. The molecule has 9 heteroatoms. The van der Waals surface area contributed by atoms with Gasteiger partial charge in [-0.15, -0.1) is 0 Å². The molecule has 8 nitrogen and oxygen atoms in total. The molecule has 0 spiro atoms. The van der Waals surface area contributed by atoms with Crippen molar-refractivity contribution in [2.45, 2.75) is 0 Å². The Balaban J connectivity index is 2.07. The number of allylic oxidation sites excluding steroid dienone is 4. The number of fused-ring (bicyclic) bond motifs is 1. The first-order valence-corrected chi connectivity index (χ1v) is 9.76. The highest BCUT2D eigenvalue weighted by Gasteiger charge is 2.14. The van der Waals surface area contributed by atoms with E-state index in [9.17, 15) is 13.5 Å². The van der Waals surface area contributed by atoms with Crippen LogP contribution < -0.4 is 5.73 Å². The molecule has 2 heterocycles. The van der Waals surface area contributed by atoms with E-state index in [1.54, 1.807) is 18.2 Å². The maximum Gasteiger partial charge on any atom is 0.168 e. The molecule has 4 N–H and O–H groups in total. The van der Waals surface area contributed by atoms with Crippen molar-refractivity contribution >= 4 is 32.3 Å². The Morgan fingerprint density at radius 2 is 2.11 bits per heavy atom. The number of nitrogens with one attached hydrogen (secondary N) is 1. The molecule has 138 valence electrons. The van der Waals surface area contributed by atoms with Crippen LogP contribution in [0.4, 0.5) is 5.82 Å². The first-order valence-electron chi connectivity index (χ1n) is 7.80. The number of anilines is 1. The number of hydrogen-bond donors (Lipinski definition) is 3. The van der Waals surface area contributed by atoms with Gasteiger partial charge < -0.3 is 15.8 Å². The highest BCUT2D eigenvalue weighted by Crippen LogP contribution is 2.28. The van der Waals surface area contributed by atoms with Crippen molar-refractivity contribution in [3.63, 3.8) is 0 Å². The lowest BCUT2D eigenvalue weighted by molar-refractivity contribution is 0.480. The second-order valence-corrected chi connectivity index (χ2v) is 7.66. The number of aromatic nitrogens is 4. The number of H-pyrrole nitrogens is 1. The third-order valence-electron chi connectivity index (χ3n) is 3.63. The molecule has 0 aliphatic rings. The Labute approximate surface area is 155 Å². The van der Waals surface area contributed by atoms with Crippen LogP contribution >= 0.6 is 0 Å². The van der Waals surface area contributed by atoms with Crippen LogP contribution in [0.2, 0.25) is 0 Å². The van der Waals surface area contributed by atoms with E-state index < -0.39 is 9.84 Å². The third-order valence-corrected chi connectivity index (χ3v) is 4.29. The first kappa shape index (κ1) is 18.3. The summed E-state index contributed by atoms with van der Waals surface area (Å²) >= 11 is 0. The highest BCUT2D eigenvalue weighted by atomic mass is 32.2. The summed E-state index contributed by atoms with van der Waals surface area (Å²) in [5.74, 6) is 0.552. The highest BCUT2D eigenvalue weighted by molar-refractivity contribution is 7.93. The number of nitrogen functional groups attached to an aromatic ring is 1. The summed E-state index contributed by atoms with van der Waals surface area (Å²) in [5.41, 5.74) is 8.28. The van der Waals surface area contributed by atoms with Gasteiger partial charge in [0, 0.05) is 17.2 Å². The molecule has 0 saturated carbocycles. The molecule has 3 aromatic rings. The second-order valence-electron chi connectivity index (χ2n) is 5.73. The van der Waals surface area contributed by atoms with Crippen LogP contribution in [0.5, 0.6) is 5.75 Å². The summed E-state index contributed by atoms with van der Waals surface area (Å²) in [5, 5.41) is 11.0. The zero-order valence-electron chi connectivity index (χ0n) is 14.4. The molecule has 2 aromatic heterocycles. The summed E-state index contributed by atoms with van der Waals surface area (Å²) in [6.07, 6.45) is 7.04. The minimum Gasteiger partial charge on any atom is -0.506 e. The molecule has 1 aromatic carbocycles. The van der Waals surface area contributed by atoms with E-state index in [-0.39, 0.29) is 11.6 Å². The van der Waals surface area contributed by atoms with Crippen molar-refractivity contribution in [1.29, 1.82) is 0 Å². The Morgan fingerprint density at radius 3 is 2.78 bits per heavy atom. The van der Waals surface area contributed by atoms with Crippen molar-refractivity contribution in [1.82, 2.24) is 19.9 Å². The van der Waals surface area contributed by atoms with Crippen molar-refractivity contribution in [3.05, 3.63) is 60.3 Å². The SMILES string of the molecule is C=C/C(=C\C=C\S(C)(=O)=O)c1cnc(N)c(-c2nc3c(O)cccc3[nH]2)n1. The molecular formula is C18H17N5O3S. The van der Waals surface area contributed by atoms with Gasteiger partial charge in [-0.3, -0.25) is 0 Å². The van der Waals surface area contributed by atoms with Gasteiger partial charge in [-0.25, -0.2) is 23.4 Å². The number of phenolic OH excluding ortho intramolecular Hbond substituents is 1. The van der Waals surface area contributed by atoms with Crippen LogP contribution in [-0.4, -0.2) is 39.7 Å². The molecule has 0 fully saturated rings. The number of benzene rings is 1. The molecule has 0 unspecified atom stereocenters. The van der Waals surface area contributed by atoms with Crippen molar-refractivity contribution in [2.75, 3.05) is 12.0 Å². The first-order chi connectivity index (χ1) is 12.8. The van der Waals surface area contributed by atoms with Gasteiger partial charge in [-0.05, 0) is 12.1 Å². The van der Waals surface area contributed by atoms with Gasteiger partial charge in [0.1, 0.15) is 17.0 Å². The van der Waals surface area contributed by atoms with Crippen molar-refractivity contribution in [3.8, 4) is 17.3 Å². The van der Waals surface area contributed by atoms with Crippen LogP contribution in [0.3, 0.4) is 0 Å². The fourth-order valence-electron chi connectivity index (χ4n) is 2.38. The predicted molar refractivity (Wildman–Crippen MR) is 105 cm³/mol. The van der Waals surface area contributed by atoms with Gasteiger partial charge in [0.2, 0.25) is 0 Å². The maximum atomic E-state index is 11.2. The number of nitrogens with two attached hydrogens (primary N) is 1. The minimum absolute atomic E-state index is 0.0373. The van der Waals surface area contributed by atoms with Crippen LogP contribution in [0.25, 0.3) is 28.1 Å². The van der Waals surface area contributed by atoms with Crippen molar-refractivity contribution < 1.29 is 13.5 Å². The molecule has 0 saturated heterocycles. The average Bonchev–Trinajstić information content (AvgIpc) is 3.04. The van der Waals surface area contributed by atoms with E-state index in [2.05, 4.69) is 26.5 Å². The predicted octanol–water partition coefficient (Wildman–Crippen LogP) is 2.44. The second kappa shape index (κ2) is 7.04. The molecule has 0 atom stereocenters. The fraction of sp³-hybridized carbons (Fsp3) is 0.0556. The number of rotatable bonds is 5. The van der Waals surface area contributed by atoms with E-state index in [0.717, 1.165) is 11.7 Å². The number of hydrogen-bond acceptors (Lipinski definition) is 7. The Bertz CT molecular complexity index is 1190. The Kier molecular flexibility index (Phi) is 4.78. The number of aromatic amines is 1. The standard InChI is InChI=1S/C18H17N5O3S/c1-3-11(6-5-9-27(2,25)26)13-10-20-17(19)16(21-13)18-22-12-7-4-8-14(24)15(12)23-18/h3-10,24H,1H2,2H3,(H2,19,20)(H,22,23)/b9-5+,11-6+. The molecule has 0 radical (unpaired) electrons. The van der Waals surface area contributed by atoms with Gasteiger partial charge in [-0.1, -0.05) is 30.9 Å². The molecular weight excluding hydrogens is 366 g/mol. The van der Waals surface area contributed by atoms with Crippen LogP contribution in [0, 0.1) is 0 Å². The zero-order valence-corrected chi connectivity index (χ0v) is 15.2. The normalized spacial score (nSPS) is 12.7. The maximum absolute atomic E-state index is 11.2. The van der Waals surface area contributed by atoms with Gasteiger partial charge in [0.25, 0.3) is 0 Å². The summed E-state index contributed by atoms with van der Waals surface area (Å²) < 4.78 is 22.4. The van der Waals surface area contributed by atoms with Gasteiger partial charge in [0.05, 0.1) is 17.4 Å². The lowest BCUT2D eigenvalue weighted by Crippen LogP contribution is -2.01. The number of sulfone groups is 1. The number of nitrogens with zero attached hydrogens (tertiary/aromatic N) is 3. The van der Waals surface area contributed by atoms with E-state index in [4.69, 9.17) is 5.73 Å². The lowest BCUT2D eigenvalue weighted by Gasteiger charge is -2.05. The van der Waals surface area contributed by atoms with E-state index in [0.29, 0.717) is 33.8 Å². The van der Waals surface area contributed by atoms with E-state index >= 15 is 0 Å². The van der Waals surface area contributed by atoms with Gasteiger partial charge >= 0.3 is 0 Å². The van der Waals surface area contributed by atoms with E-state index in [1.165, 1.54) is 24.4 Å². The van der Waals surface area contributed by atoms with Gasteiger partial charge in [-0.2, -0.15) is 0 Å².